The molecule has 3 rings (SSSR count). The largest absolute Gasteiger partial charge is 0.267 e. The monoisotopic (exact) mass is 298 g/mol. The van der Waals surface area contributed by atoms with E-state index in [0.29, 0.717) is 16.2 Å². The van der Waals surface area contributed by atoms with E-state index in [2.05, 4.69) is 10.1 Å². The van der Waals surface area contributed by atoms with Crippen molar-refractivity contribution < 1.29 is 12.8 Å². The second-order valence-corrected chi connectivity index (χ2v) is 6.47. The molecule has 0 bridgehead atoms. The van der Waals surface area contributed by atoms with Crippen LogP contribution in [0.15, 0.2) is 34.8 Å². The first-order valence-electron chi connectivity index (χ1n) is 5.08. The summed E-state index contributed by atoms with van der Waals surface area (Å²) in [6, 6.07) is 5.95. The molecule has 6 nitrogen and oxygen atoms in total. The molecule has 9 heteroatoms. The van der Waals surface area contributed by atoms with E-state index in [9.17, 15) is 12.8 Å². The Labute approximate surface area is 111 Å². The Kier molecular flexibility index (Phi) is 2.62. The lowest BCUT2D eigenvalue weighted by Gasteiger charge is -1.95. The Hall–Kier alpha value is -1.84. The zero-order chi connectivity index (χ0) is 13.6. The molecule has 0 radical (unpaired) electrons. The maximum absolute atomic E-state index is 13.1. The van der Waals surface area contributed by atoms with Crippen molar-refractivity contribution in [2.75, 3.05) is 0 Å². The van der Waals surface area contributed by atoms with Gasteiger partial charge < -0.3 is 0 Å². The van der Waals surface area contributed by atoms with Crippen LogP contribution in [0.5, 0.6) is 0 Å². The predicted octanol–water partition coefficient (Wildman–Crippen LogP) is 1.24. The van der Waals surface area contributed by atoms with Gasteiger partial charge in [0.15, 0.2) is 0 Å². The van der Waals surface area contributed by atoms with Crippen LogP contribution in [0, 0.1) is 5.82 Å². The average Bonchev–Trinajstić information content (AvgIpc) is 2.85. The van der Waals surface area contributed by atoms with Gasteiger partial charge in [-0.15, -0.1) is 5.10 Å². The second kappa shape index (κ2) is 4.08. The number of imidazole rings is 1. The van der Waals surface area contributed by atoms with Gasteiger partial charge in [-0.3, -0.25) is 0 Å². The Morgan fingerprint density at radius 2 is 2.16 bits per heavy atom. The Morgan fingerprint density at radius 3 is 2.79 bits per heavy atom. The number of hydrogen-bond acceptors (Lipinski definition) is 5. The van der Waals surface area contributed by atoms with Gasteiger partial charge in [-0.25, -0.2) is 27.4 Å². The highest BCUT2D eigenvalue weighted by molar-refractivity contribution is 7.91. The molecule has 0 amide bonds. The molecule has 0 aliphatic rings. The molecule has 0 saturated carbocycles. The molecular weight excluding hydrogens is 291 g/mol. The minimum Gasteiger partial charge on any atom is -0.223 e. The van der Waals surface area contributed by atoms with Gasteiger partial charge in [0.1, 0.15) is 5.82 Å². The van der Waals surface area contributed by atoms with Gasteiger partial charge in [0.05, 0.1) is 11.9 Å². The summed E-state index contributed by atoms with van der Waals surface area (Å²) in [6.07, 6.45) is 1.52. The fraction of sp³-hybridized carbons (Fsp3) is 0. The standard InChI is InChI=1S/C10H7FN4O2S2/c11-7-3-1-2-6(4-7)8-5-15-9(13-8)18-10(14-15)19(12,16)17/h1-5H,(H2,12,16,17). The predicted molar refractivity (Wildman–Crippen MR) is 67.6 cm³/mol. The van der Waals surface area contributed by atoms with Gasteiger partial charge in [0, 0.05) is 5.56 Å². The highest BCUT2D eigenvalue weighted by atomic mass is 32.2. The number of benzene rings is 1. The van der Waals surface area contributed by atoms with Gasteiger partial charge in [0.2, 0.25) is 9.30 Å². The van der Waals surface area contributed by atoms with Gasteiger partial charge in [-0.2, -0.15) is 0 Å². The number of primary sulfonamides is 1. The lowest BCUT2D eigenvalue weighted by molar-refractivity contribution is 0.595. The van der Waals surface area contributed by atoms with Crippen LogP contribution in [-0.2, 0) is 10.0 Å². The van der Waals surface area contributed by atoms with Crippen LogP contribution in [0.1, 0.15) is 0 Å². The summed E-state index contributed by atoms with van der Waals surface area (Å²) in [5, 5.41) is 8.80. The number of aromatic nitrogens is 3. The van der Waals surface area contributed by atoms with E-state index in [4.69, 9.17) is 5.14 Å². The summed E-state index contributed by atoms with van der Waals surface area (Å²) in [6.45, 7) is 0. The van der Waals surface area contributed by atoms with Gasteiger partial charge in [-0.1, -0.05) is 23.5 Å². The Balaban J connectivity index is 2.11. The molecule has 0 saturated heterocycles. The summed E-state index contributed by atoms with van der Waals surface area (Å²) >= 11 is 0.858. The third kappa shape index (κ3) is 2.23. The molecule has 19 heavy (non-hydrogen) atoms. The minimum absolute atomic E-state index is 0.208. The third-order valence-electron chi connectivity index (χ3n) is 2.39. The van der Waals surface area contributed by atoms with E-state index in [1.54, 1.807) is 12.1 Å². The van der Waals surface area contributed by atoms with Crippen molar-refractivity contribution in [3.63, 3.8) is 0 Å². The third-order valence-corrected chi connectivity index (χ3v) is 4.62. The van der Waals surface area contributed by atoms with E-state index in [1.807, 2.05) is 0 Å². The summed E-state index contributed by atoms with van der Waals surface area (Å²) in [7, 11) is -3.83. The molecule has 0 fully saturated rings. The van der Waals surface area contributed by atoms with E-state index in [-0.39, 0.29) is 10.2 Å². The van der Waals surface area contributed by atoms with E-state index in [1.165, 1.54) is 22.8 Å². The van der Waals surface area contributed by atoms with Gasteiger partial charge in [0.25, 0.3) is 10.0 Å². The van der Waals surface area contributed by atoms with E-state index < -0.39 is 10.0 Å². The summed E-state index contributed by atoms with van der Waals surface area (Å²) in [4.78, 5) is 4.57. The smallest absolute Gasteiger partial charge is 0.223 e. The number of fused-ring (bicyclic) bond motifs is 1. The Morgan fingerprint density at radius 1 is 1.37 bits per heavy atom. The minimum atomic E-state index is -3.83. The number of rotatable bonds is 2. The normalized spacial score (nSPS) is 12.1. The van der Waals surface area contributed by atoms with Crippen LogP contribution < -0.4 is 5.14 Å². The van der Waals surface area contributed by atoms with Crippen LogP contribution in [0.3, 0.4) is 0 Å². The molecule has 0 aliphatic heterocycles. The van der Waals surface area contributed by atoms with E-state index >= 15 is 0 Å². The summed E-state index contributed by atoms with van der Waals surface area (Å²) in [5.74, 6) is -0.368. The van der Waals surface area contributed by atoms with Crippen molar-refractivity contribution in [3.05, 3.63) is 36.3 Å². The molecule has 0 atom stereocenters. The van der Waals surface area contributed by atoms with E-state index in [0.717, 1.165) is 11.3 Å². The van der Waals surface area contributed by atoms with Crippen molar-refractivity contribution in [2.45, 2.75) is 4.34 Å². The number of nitrogens with two attached hydrogens (primary N) is 1. The first kappa shape index (κ1) is 12.2. The van der Waals surface area contributed by atoms with Crippen molar-refractivity contribution in [1.82, 2.24) is 14.6 Å². The van der Waals surface area contributed by atoms with Crippen molar-refractivity contribution >= 4 is 26.3 Å². The van der Waals surface area contributed by atoms with Gasteiger partial charge in [-0.05, 0) is 12.1 Å². The zero-order valence-corrected chi connectivity index (χ0v) is 10.9. The lowest BCUT2D eigenvalue weighted by atomic mass is 10.2. The number of nitrogens with zero attached hydrogens (tertiary/aromatic N) is 3. The van der Waals surface area contributed by atoms with Crippen molar-refractivity contribution in [2.24, 2.45) is 5.14 Å². The van der Waals surface area contributed by atoms with Gasteiger partial charge >= 0.3 is 0 Å². The average molecular weight is 298 g/mol. The first-order valence-corrected chi connectivity index (χ1v) is 7.45. The second-order valence-electron chi connectivity index (χ2n) is 3.78. The molecular formula is C10H7FN4O2S2. The summed E-state index contributed by atoms with van der Waals surface area (Å²) < 4.78 is 36.5. The van der Waals surface area contributed by atoms with Crippen LogP contribution in [0.25, 0.3) is 16.2 Å². The fourth-order valence-corrected chi connectivity index (χ4v) is 3.09. The van der Waals surface area contributed by atoms with Crippen molar-refractivity contribution in [3.8, 4) is 11.3 Å². The van der Waals surface area contributed by atoms with Crippen LogP contribution in [-0.4, -0.2) is 23.0 Å². The Bertz CT molecular complexity index is 837. The molecule has 2 heterocycles. The molecule has 98 valence electrons. The van der Waals surface area contributed by atoms with Crippen molar-refractivity contribution in [1.29, 1.82) is 0 Å². The molecule has 0 aliphatic carbocycles. The molecule has 0 unspecified atom stereocenters. The maximum Gasteiger partial charge on any atom is 0.267 e. The first-order chi connectivity index (χ1) is 8.93. The molecule has 0 spiro atoms. The highest BCUT2D eigenvalue weighted by Crippen LogP contribution is 2.23. The topological polar surface area (TPSA) is 90.4 Å². The molecule has 2 N–H and O–H groups in total. The quantitative estimate of drug-likeness (QED) is 0.770. The maximum atomic E-state index is 13.1. The van der Waals surface area contributed by atoms with Crippen LogP contribution >= 0.6 is 11.3 Å². The number of halogens is 1. The molecule has 1 aromatic carbocycles. The SMILES string of the molecule is NS(=O)(=O)c1nn2cc(-c3cccc(F)c3)nc2s1. The molecule has 2 aromatic heterocycles. The van der Waals surface area contributed by atoms with Crippen LogP contribution in [0.4, 0.5) is 4.39 Å². The highest BCUT2D eigenvalue weighted by Gasteiger charge is 2.17. The van der Waals surface area contributed by atoms with Crippen LogP contribution in [0.2, 0.25) is 0 Å². The fourth-order valence-electron chi connectivity index (χ4n) is 1.58. The molecule has 3 aromatic rings. The zero-order valence-electron chi connectivity index (χ0n) is 9.32. The number of hydrogen-bond donors (Lipinski definition) is 1. The summed E-state index contributed by atoms with van der Waals surface area (Å²) in [5.41, 5.74) is 1.11. The number of sulfonamides is 1. The lowest BCUT2D eigenvalue weighted by Crippen LogP contribution is -2.12.